The van der Waals surface area contributed by atoms with Crippen LogP contribution in [0.5, 0.6) is 0 Å². The summed E-state index contributed by atoms with van der Waals surface area (Å²) in [6, 6.07) is 5.65. The smallest absolute Gasteiger partial charge is 0.326 e. The van der Waals surface area contributed by atoms with Gasteiger partial charge >= 0.3 is 5.97 Å². The van der Waals surface area contributed by atoms with Crippen LogP contribution in [0.25, 0.3) is 0 Å². The molecule has 0 spiro atoms. The van der Waals surface area contributed by atoms with Gasteiger partial charge in [-0.3, -0.25) is 0 Å². The zero-order valence-corrected chi connectivity index (χ0v) is 8.08. The van der Waals surface area contributed by atoms with Gasteiger partial charge in [0, 0.05) is 12.1 Å². The summed E-state index contributed by atoms with van der Waals surface area (Å²) in [5, 5.41) is 11.8. The zero-order valence-electron chi connectivity index (χ0n) is 8.08. The molecule has 1 atom stereocenters. The molecule has 3 nitrogen and oxygen atoms in total. The molecule has 0 amide bonds. The molecule has 2 rings (SSSR count). The van der Waals surface area contributed by atoms with Crippen LogP contribution in [0.15, 0.2) is 18.2 Å². The van der Waals surface area contributed by atoms with Gasteiger partial charge in [0.15, 0.2) is 0 Å². The zero-order chi connectivity index (χ0) is 10.1. The molecule has 1 aliphatic heterocycles. The number of benzene rings is 1. The number of fused-ring (bicyclic) bond motifs is 1. The third-order valence-corrected chi connectivity index (χ3v) is 2.63. The molecule has 0 radical (unpaired) electrons. The SMILES string of the molecule is CCc1ccc2c(c1)CC(C(=O)O)N2. The van der Waals surface area contributed by atoms with Gasteiger partial charge in [0.05, 0.1) is 0 Å². The summed E-state index contributed by atoms with van der Waals surface area (Å²) >= 11 is 0. The molecular weight excluding hydrogens is 178 g/mol. The van der Waals surface area contributed by atoms with Crippen LogP contribution < -0.4 is 5.32 Å². The van der Waals surface area contributed by atoms with Crippen molar-refractivity contribution < 1.29 is 9.90 Å². The second kappa shape index (κ2) is 3.33. The van der Waals surface area contributed by atoms with E-state index in [9.17, 15) is 4.79 Å². The molecule has 0 fully saturated rings. The molecule has 1 aliphatic rings. The fourth-order valence-corrected chi connectivity index (χ4v) is 1.78. The van der Waals surface area contributed by atoms with Crippen molar-refractivity contribution in [3.05, 3.63) is 29.3 Å². The summed E-state index contributed by atoms with van der Waals surface area (Å²) < 4.78 is 0. The lowest BCUT2D eigenvalue weighted by Gasteiger charge is -2.03. The maximum Gasteiger partial charge on any atom is 0.326 e. The Labute approximate surface area is 82.8 Å². The minimum absolute atomic E-state index is 0.447. The molecule has 2 N–H and O–H groups in total. The first-order valence-corrected chi connectivity index (χ1v) is 4.82. The third-order valence-electron chi connectivity index (χ3n) is 2.63. The number of aliphatic carboxylic acids is 1. The van der Waals surface area contributed by atoms with E-state index in [1.807, 2.05) is 12.1 Å². The predicted molar refractivity (Wildman–Crippen MR) is 54.6 cm³/mol. The fourth-order valence-electron chi connectivity index (χ4n) is 1.78. The van der Waals surface area contributed by atoms with Gasteiger partial charge in [-0.05, 0) is 23.6 Å². The number of carboxylic acids is 1. The van der Waals surface area contributed by atoms with Crippen molar-refractivity contribution >= 4 is 11.7 Å². The molecule has 1 unspecified atom stereocenters. The van der Waals surface area contributed by atoms with E-state index in [-0.39, 0.29) is 0 Å². The van der Waals surface area contributed by atoms with Crippen molar-refractivity contribution in [2.45, 2.75) is 25.8 Å². The quantitative estimate of drug-likeness (QED) is 0.747. The maximum absolute atomic E-state index is 10.8. The summed E-state index contributed by atoms with van der Waals surface area (Å²) in [5.41, 5.74) is 3.35. The van der Waals surface area contributed by atoms with Crippen LogP contribution in [0.4, 0.5) is 5.69 Å². The highest BCUT2D eigenvalue weighted by molar-refractivity contribution is 5.81. The first-order valence-electron chi connectivity index (χ1n) is 4.82. The largest absolute Gasteiger partial charge is 0.480 e. The Hall–Kier alpha value is -1.51. The lowest BCUT2D eigenvalue weighted by atomic mass is 10.1. The van der Waals surface area contributed by atoms with Gasteiger partial charge in [0.2, 0.25) is 0 Å². The van der Waals surface area contributed by atoms with E-state index in [1.54, 1.807) is 0 Å². The number of carbonyl (C=O) groups is 1. The number of carboxylic acid groups (broad SMARTS) is 1. The van der Waals surface area contributed by atoms with Gasteiger partial charge in [-0.2, -0.15) is 0 Å². The molecule has 74 valence electrons. The predicted octanol–water partition coefficient (Wildman–Crippen LogP) is 1.67. The average Bonchev–Trinajstić information content (AvgIpc) is 2.59. The van der Waals surface area contributed by atoms with Crippen LogP contribution in [0.1, 0.15) is 18.1 Å². The Morgan fingerprint density at radius 3 is 3.07 bits per heavy atom. The molecule has 3 heteroatoms. The number of hydrogen-bond donors (Lipinski definition) is 2. The molecule has 0 aromatic heterocycles. The molecule has 0 saturated carbocycles. The van der Waals surface area contributed by atoms with E-state index < -0.39 is 12.0 Å². The minimum Gasteiger partial charge on any atom is -0.480 e. The lowest BCUT2D eigenvalue weighted by Crippen LogP contribution is -2.26. The molecule has 1 aromatic rings. The molecule has 14 heavy (non-hydrogen) atoms. The van der Waals surface area contributed by atoms with Gasteiger partial charge < -0.3 is 10.4 Å². The Bertz CT molecular complexity index is 374. The maximum atomic E-state index is 10.8. The van der Waals surface area contributed by atoms with E-state index in [4.69, 9.17) is 5.11 Å². The second-order valence-corrected chi connectivity index (χ2v) is 3.58. The summed E-state index contributed by atoms with van der Waals surface area (Å²) in [7, 11) is 0. The fraction of sp³-hybridized carbons (Fsp3) is 0.364. The second-order valence-electron chi connectivity index (χ2n) is 3.58. The number of aryl methyl sites for hydroxylation is 1. The highest BCUT2D eigenvalue weighted by Crippen LogP contribution is 2.26. The Morgan fingerprint density at radius 2 is 2.43 bits per heavy atom. The topological polar surface area (TPSA) is 49.3 Å². The van der Waals surface area contributed by atoms with Crippen molar-refractivity contribution in [2.75, 3.05) is 5.32 Å². The van der Waals surface area contributed by atoms with Gasteiger partial charge in [-0.25, -0.2) is 4.79 Å². The van der Waals surface area contributed by atoms with Crippen LogP contribution in [-0.2, 0) is 17.6 Å². The monoisotopic (exact) mass is 191 g/mol. The van der Waals surface area contributed by atoms with E-state index in [0.29, 0.717) is 6.42 Å². The number of hydrogen-bond acceptors (Lipinski definition) is 2. The molecule has 1 aromatic carbocycles. The van der Waals surface area contributed by atoms with Crippen LogP contribution in [0.2, 0.25) is 0 Å². The van der Waals surface area contributed by atoms with Crippen LogP contribution in [0, 0.1) is 0 Å². The lowest BCUT2D eigenvalue weighted by molar-refractivity contribution is -0.137. The molecule has 0 aliphatic carbocycles. The summed E-state index contributed by atoms with van der Waals surface area (Å²) in [4.78, 5) is 10.8. The summed E-state index contributed by atoms with van der Waals surface area (Å²) in [5.74, 6) is -0.778. The summed E-state index contributed by atoms with van der Waals surface area (Å²) in [6.45, 7) is 2.10. The standard InChI is InChI=1S/C11H13NO2/c1-2-7-3-4-9-8(5-7)6-10(12-9)11(13)14/h3-5,10,12H,2,6H2,1H3,(H,13,14). The highest BCUT2D eigenvalue weighted by atomic mass is 16.4. The Morgan fingerprint density at radius 1 is 1.64 bits per heavy atom. The molecule has 1 heterocycles. The van der Waals surface area contributed by atoms with Gasteiger partial charge in [0.25, 0.3) is 0 Å². The average molecular weight is 191 g/mol. The van der Waals surface area contributed by atoms with Crippen molar-refractivity contribution in [3.8, 4) is 0 Å². The third kappa shape index (κ3) is 1.45. The van der Waals surface area contributed by atoms with E-state index in [1.165, 1.54) is 5.56 Å². The minimum atomic E-state index is -0.778. The van der Waals surface area contributed by atoms with Crippen molar-refractivity contribution in [2.24, 2.45) is 0 Å². The van der Waals surface area contributed by atoms with Crippen LogP contribution in [-0.4, -0.2) is 17.1 Å². The molecular formula is C11H13NO2. The van der Waals surface area contributed by atoms with Crippen LogP contribution >= 0.6 is 0 Å². The van der Waals surface area contributed by atoms with E-state index in [2.05, 4.69) is 18.3 Å². The van der Waals surface area contributed by atoms with Gasteiger partial charge in [-0.1, -0.05) is 19.1 Å². The van der Waals surface area contributed by atoms with Crippen LogP contribution in [0.3, 0.4) is 0 Å². The van der Waals surface area contributed by atoms with E-state index in [0.717, 1.165) is 17.7 Å². The van der Waals surface area contributed by atoms with Gasteiger partial charge in [-0.15, -0.1) is 0 Å². The Kier molecular flexibility index (Phi) is 2.15. The number of rotatable bonds is 2. The first kappa shape index (κ1) is 9.06. The Balaban J connectivity index is 2.27. The summed E-state index contributed by atoms with van der Waals surface area (Å²) in [6.07, 6.45) is 1.59. The van der Waals surface area contributed by atoms with E-state index >= 15 is 0 Å². The van der Waals surface area contributed by atoms with Crippen molar-refractivity contribution in [1.29, 1.82) is 0 Å². The van der Waals surface area contributed by atoms with Gasteiger partial charge in [0.1, 0.15) is 6.04 Å². The highest BCUT2D eigenvalue weighted by Gasteiger charge is 2.25. The molecule has 0 bridgehead atoms. The number of nitrogens with one attached hydrogen (secondary N) is 1. The van der Waals surface area contributed by atoms with Crippen molar-refractivity contribution in [3.63, 3.8) is 0 Å². The first-order chi connectivity index (χ1) is 6.70. The number of anilines is 1. The normalized spacial score (nSPS) is 18.8. The van der Waals surface area contributed by atoms with Crippen molar-refractivity contribution in [1.82, 2.24) is 0 Å². The molecule has 0 saturated heterocycles.